The van der Waals surface area contributed by atoms with E-state index in [1.165, 1.54) is 41.7 Å². The first kappa shape index (κ1) is 20.5. The Bertz CT molecular complexity index is 1040. The third-order valence-electron chi connectivity index (χ3n) is 5.52. The second kappa shape index (κ2) is 9.85. The normalized spacial score (nSPS) is 13.8. The Kier molecular flexibility index (Phi) is 6.74. The lowest BCUT2D eigenvalue weighted by Crippen LogP contribution is -2.26. The molecule has 1 aromatic carbocycles. The molecule has 0 saturated carbocycles. The van der Waals surface area contributed by atoms with Crippen molar-refractivity contribution < 1.29 is 4.79 Å². The molecule has 0 radical (unpaired) electrons. The van der Waals surface area contributed by atoms with E-state index in [4.69, 9.17) is 0 Å². The van der Waals surface area contributed by atoms with E-state index < -0.39 is 0 Å². The summed E-state index contributed by atoms with van der Waals surface area (Å²) in [6.45, 7) is 3.39. The van der Waals surface area contributed by atoms with Crippen molar-refractivity contribution in [2.24, 2.45) is 0 Å². The summed E-state index contributed by atoms with van der Waals surface area (Å²) in [6, 6.07) is 10.3. The molecule has 1 aliphatic rings. The maximum Gasteiger partial charge on any atom is 0.221 e. The standard InChI is InChI=1S/C24H28N4OS/c1-17-21(19-10-6-3-7-11-19)22-23(27-16-28-24(22)30-17)26-15-13-20(29)25-14-12-18-8-4-2-5-9-18/h3,6-8,10-11,16H,2,4-5,9,12-15H2,1H3,(H,25,29)(H,26,27,28). The van der Waals surface area contributed by atoms with Crippen LogP contribution in [0.25, 0.3) is 21.3 Å². The number of aryl methyl sites for hydroxylation is 1. The summed E-state index contributed by atoms with van der Waals surface area (Å²) in [5.74, 6) is 0.873. The highest BCUT2D eigenvalue weighted by molar-refractivity contribution is 7.19. The van der Waals surface area contributed by atoms with E-state index in [1.807, 2.05) is 18.2 Å². The van der Waals surface area contributed by atoms with E-state index in [-0.39, 0.29) is 5.91 Å². The van der Waals surface area contributed by atoms with E-state index >= 15 is 0 Å². The Morgan fingerprint density at radius 1 is 1.13 bits per heavy atom. The van der Waals surface area contributed by atoms with E-state index in [0.717, 1.165) is 34.6 Å². The van der Waals surface area contributed by atoms with Crippen LogP contribution in [-0.4, -0.2) is 29.0 Å². The van der Waals surface area contributed by atoms with E-state index in [1.54, 1.807) is 17.7 Å². The summed E-state index contributed by atoms with van der Waals surface area (Å²) < 4.78 is 0. The fourth-order valence-corrected chi connectivity index (χ4v) is 5.02. The molecular weight excluding hydrogens is 392 g/mol. The van der Waals surface area contributed by atoms with Gasteiger partial charge in [0.05, 0.1) is 5.39 Å². The van der Waals surface area contributed by atoms with Crippen LogP contribution < -0.4 is 10.6 Å². The van der Waals surface area contributed by atoms with Crippen molar-refractivity contribution in [3.63, 3.8) is 0 Å². The van der Waals surface area contributed by atoms with Crippen LogP contribution in [0.3, 0.4) is 0 Å². The Balaban J connectivity index is 1.37. The highest BCUT2D eigenvalue weighted by Crippen LogP contribution is 2.40. The number of amides is 1. The van der Waals surface area contributed by atoms with Crippen LogP contribution in [0.2, 0.25) is 0 Å². The quantitative estimate of drug-likeness (QED) is 0.474. The molecule has 3 aromatic rings. The fourth-order valence-electron chi connectivity index (χ4n) is 4.01. The van der Waals surface area contributed by atoms with Crippen molar-refractivity contribution in [3.8, 4) is 11.1 Å². The lowest BCUT2D eigenvalue weighted by atomic mass is 9.97. The molecular formula is C24H28N4OS. The summed E-state index contributed by atoms with van der Waals surface area (Å²) in [5, 5.41) is 7.45. The van der Waals surface area contributed by atoms with Crippen molar-refractivity contribution in [2.75, 3.05) is 18.4 Å². The monoisotopic (exact) mass is 420 g/mol. The Morgan fingerprint density at radius 2 is 2.00 bits per heavy atom. The molecule has 0 unspecified atom stereocenters. The van der Waals surface area contributed by atoms with Crippen LogP contribution in [0.5, 0.6) is 0 Å². The number of hydrogen-bond acceptors (Lipinski definition) is 5. The topological polar surface area (TPSA) is 66.9 Å². The molecule has 0 spiro atoms. The number of carbonyl (C=O) groups excluding carboxylic acids is 1. The van der Waals surface area contributed by atoms with Crippen LogP contribution in [0.1, 0.15) is 43.4 Å². The van der Waals surface area contributed by atoms with Gasteiger partial charge in [-0.1, -0.05) is 42.0 Å². The molecule has 0 atom stereocenters. The first-order valence-electron chi connectivity index (χ1n) is 10.7. The van der Waals surface area contributed by atoms with E-state index in [2.05, 4.69) is 45.7 Å². The predicted octanol–water partition coefficient (Wildman–Crippen LogP) is 5.48. The number of thiophene rings is 1. The molecule has 5 nitrogen and oxygen atoms in total. The molecule has 156 valence electrons. The summed E-state index contributed by atoms with van der Waals surface area (Å²) in [4.78, 5) is 23.3. The highest BCUT2D eigenvalue weighted by Gasteiger charge is 2.16. The summed E-state index contributed by atoms with van der Waals surface area (Å²) in [5.41, 5.74) is 3.82. The second-order valence-electron chi connectivity index (χ2n) is 7.69. The van der Waals surface area contributed by atoms with Crippen LogP contribution in [0.4, 0.5) is 5.82 Å². The largest absolute Gasteiger partial charge is 0.369 e. The van der Waals surface area contributed by atoms with Gasteiger partial charge in [0, 0.05) is 30.0 Å². The van der Waals surface area contributed by atoms with Crippen molar-refractivity contribution in [1.29, 1.82) is 0 Å². The summed E-state index contributed by atoms with van der Waals surface area (Å²) >= 11 is 1.68. The number of anilines is 1. The minimum Gasteiger partial charge on any atom is -0.369 e. The van der Waals surface area contributed by atoms with E-state index in [9.17, 15) is 4.79 Å². The molecule has 0 bridgehead atoms. The van der Waals surface area contributed by atoms with Crippen molar-refractivity contribution >= 4 is 33.3 Å². The van der Waals surface area contributed by atoms with Gasteiger partial charge in [-0.05, 0) is 44.6 Å². The molecule has 1 aliphatic carbocycles. The number of nitrogens with zero attached hydrogens (tertiary/aromatic N) is 2. The van der Waals surface area contributed by atoms with Gasteiger partial charge >= 0.3 is 0 Å². The van der Waals surface area contributed by atoms with E-state index in [0.29, 0.717) is 13.0 Å². The fraction of sp³-hybridized carbons (Fsp3) is 0.375. The number of nitrogens with one attached hydrogen (secondary N) is 2. The second-order valence-corrected chi connectivity index (χ2v) is 8.89. The number of hydrogen-bond donors (Lipinski definition) is 2. The Hall–Kier alpha value is -2.73. The number of carbonyl (C=O) groups is 1. The molecule has 0 saturated heterocycles. The third kappa shape index (κ3) is 4.87. The zero-order chi connectivity index (χ0) is 20.8. The van der Waals surface area contributed by atoms with Crippen LogP contribution in [0, 0.1) is 6.92 Å². The number of benzene rings is 1. The highest BCUT2D eigenvalue weighted by atomic mass is 32.1. The molecule has 6 heteroatoms. The molecule has 0 aliphatic heterocycles. The minimum absolute atomic E-state index is 0.0778. The van der Waals surface area contributed by atoms with Gasteiger partial charge in [0.25, 0.3) is 0 Å². The predicted molar refractivity (Wildman–Crippen MR) is 125 cm³/mol. The molecule has 2 aromatic heterocycles. The first-order valence-corrected chi connectivity index (χ1v) is 11.5. The molecule has 2 heterocycles. The van der Waals surface area contributed by atoms with Gasteiger partial charge in [-0.15, -0.1) is 11.3 Å². The molecule has 4 rings (SSSR count). The van der Waals surface area contributed by atoms with Crippen LogP contribution in [0.15, 0.2) is 48.3 Å². The Morgan fingerprint density at radius 3 is 2.80 bits per heavy atom. The molecule has 2 N–H and O–H groups in total. The van der Waals surface area contributed by atoms with Gasteiger partial charge in [0.2, 0.25) is 5.91 Å². The first-order chi connectivity index (χ1) is 14.7. The average molecular weight is 421 g/mol. The zero-order valence-corrected chi connectivity index (χ0v) is 18.2. The lowest BCUT2D eigenvalue weighted by Gasteiger charge is -2.13. The van der Waals surface area contributed by atoms with Gasteiger partial charge in [-0.3, -0.25) is 4.79 Å². The summed E-state index contributed by atoms with van der Waals surface area (Å²) in [7, 11) is 0. The minimum atomic E-state index is 0.0778. The number of fused-ring (bicyclic) bond motifs is 1. The lowest BCUT2D eigenvalue weighted by molar-refractivity contribution is -0.120. The van der Waals surface area contributed by atoms with Crippen molar-refractivity contribution in [3.05, 3.63) is 53.2 Å². The zero-order valence-electron chi connectivity index (χ0n) is 17.4. The van der Waals surface area contributed by atoms with Gasteiger partial charge < -0.3 is 10.6 Å². The van der Waals surface area contributed by atoms with Crippen LogP contribution >= 0.6 is 11.3 Å². The van der Waals surface area contributed by atoms with Gasteiger partial charge in [-0.2, -0.15) is 0 Å². The maximum absolute atomic E-state index is 12.2. The molecule has 1 amide bonds. The molecule has 30 heavy (non-hydrogen) atoms. The van der Waals surface area contributed by atoms with Crippen molar-refractivity contribution in [1.82, 2.24) is 15.3 Å². The number of allylic oxidation sites excluding steroid dienone is 1. The van der Waals surface area contributed by atoms with Gasteiger partial charge in [0.15, 0.2) is 0 Å². The SMILES string of the molecule is Cc1sc2ncnc(NCCC(=O)NCCC3=CCCCC3)c2c1-c1ccccc1. The molecule has 0 fully saturated rings. The van der Waals surface area contributed by atoms with Gasteiger partial charge in [0.1, 0.15) is 17.0 Å². The smallest absolute Gasteiger partial charge is 0.221 e. The number of aromatic nitrogens is 2. The third-order valence-corrected chi connectivity index (χ3v) is 6.54. The number of rotatable bonds is 8. The Labute approximate surface area is 181 Å². The van der Waals surface area contributed by atoms with Gasteiger partial charge in [-0.25, -0.2) is 9.97 Å². The average Bonchev–Trinajstić information content (AvgIpc) is 3.12. The van der Waals surface area contributed by atoms with Crippen LogP contribution in [-0.2, 0) is 4.79 Å². The van der Waals surface area contributed by atoms with Crippen molar-refractivity contribution in [2.45, 2.75) is 45.4 Å². The maximum atomic E-state index is 12.2. The summed E-state index contributed by atoms with van der Waals surface area (Å²) in [6.07, 6.45) is 10.3.